The van der Waals surface area contributed by atoms with Crippen LogP contribution in [0.15, 0.2) is 46.0 Å². The van der Waals surface area contributed by atoms with Gasteiger partial charge in [0.1, 0.15) is 0 Å². The van der Waals surface area contributed by atoms with Crippen LogP contribution in [0, 0.1) is 0 Å². The summed E-state index contributed by atoms with van der Waals surface area (Å²) in [5.74, 6) is 0.156. The third kappa shape index (κ3) is 4.19. The molecule has 6 heteroatoms. The van der Waals surface area contributed by atoms with Crippen LogP contribution in [0.2, 0.25) is 5.02 Å². The van der Waals surface area contributed by atoms with Crippen molar-refractivity contribution < 1.29 is 4.79 Å². The number of carbonyl (C=O) groups is 1. The lowest BCUT2D eigenvalue weighted by Gasteiger charge is -2.45. The number of nitrogens with one attached hydrogen (secondary N) is 1. The summed E-state index contributed by atoms with van der Waals surface area (Å²) in [6.45, 7) is 6.72. The van der Waals surface area contributed by atoms with Crippen LogP contribution in [0.5, 0.6) is 0 Å². The molecule has 27 heavy (non-hydrogen) atoms. The second-order valence-corrected chi connectivity index (χ2v) is 8.94. The number of nitrogens with zero attached hydrogens (tertiary/aromatic N) is 2. The minimum atomic E-state index is -0.267. The molecule has 142 valence electrons. The molecular weight excluding hydrogens is 426 g/mol. The second-order valence-electron chi connectivity index (χ2n) is 7.62. The zero-order chi connectivity index (χ0) is 19.8. The Morgan fingerprint density at radius 1 is 1.37 bits per heavy atom. The van der Waals surface area contributed by atoms with E-state index in [0.29, 0.717) is 16.5 Å². The Labute approximate surface area is 173 Å². The van der Waals surface area contributed by atoms with Crippen LogP contribution < -0.4 is 10.3 Å². The van der Waals surface area contributed by atoms with E-state index in [2.05, 4.69) is 65.2 Å². The number of benzene rings is 2. The van der Waals surface area contributed by atoms with Gasteiger partial charge in [0.05, 0.1) is 11.2 Å². The first-order valence-electron chi connectivity index (χ1n) is 8.85. The van der Waals surface area contributed by atoms with Crippen molar-refractivity contribution in [3.05, 3.63) is 62.6 Å². The van der Waals surface area contributed by atoms with Gasteiger partial charge in [-0.05, 0) is 62.1 Å². The minimum Gasteiger partial charge on any atom is -0.369 e. The molecule has 1 atom stereocenters. The van der Waals surface area contributed by atoms with Crippen molar-refractivity contribution in [3.8, 4) is 0 Å². The van der Waals surface area contributed by atoms with Gasteiger partial charge in [0, 0.05) is 33.9 Å². The molecule has 0 spiro atoms. The lowest BCUT2D eigenvalue weighted by atomic mass is 9.80. The number of carbonyl (C=O) groups excluding carboxylic acids is 1. The molecule has 1 amide bonds. The Bertz CT molecular complexity index is 910. The van der Waals surface area contributed by atoms with Gasteiger partial charge in [-0.1, -0.05) is 40.5 Å². The van der Waals surface area contributed by atoms with Crippen molar-refractivity contribution in [2.24, 2.45) is 5.10 Å². The number of hydrogen-bond donors (Lipinski definition) is 1. The van der Waals surface area contributed by atoms with Crippen LogP contribution >= 0.6 is 27.5 Å². The Morgan fingerprint density at radius 2 is 2.11 bits per heavy atom. The summed E-state index contributed by atoms with van der Waals surface area (Å²) in [4.78, 5) is 14.5. The maximum Gasteiger partial charge on any atom is 0.271 e. The van der Waals surface area contributed by atoms with Gasteiger partial charge >= 0.3 is 0 Å². The fraction of sp³-hybridized carbons (Fsp3) is 0.333. The van der Waals surface area contributed by atoms with Gasteiger partial charge in [-0.2, -0.15) is 5.10 Å². The number of hydrazone groups is 1. The molecule has 0 aromatic heterocycles. The number of amides is 1. The number of fused-ring (bicyclic) bond motifs is 1. The van der Waals surface area contributed by atoms with Crippen molar-refractivity contribution in [1.29, 1.82) is 0 Å². The topological polar surface area (TPSA) is 44.7 Å². The lowest BCUT2D eigenvalue weighted by molar-refractivity contribution is 0.0955. The Balaban J connectivity index is 1.81. The van der Waals surface area contributed by atoms with Crippen LogP contribution in [0.3, 0.4) is 0 Å². The van der Waals surface area contributed by atoms with Crippen molar-refractivity contribution >= 4 is 45.3 Å². The van der Waals surface area contributed by atoms with E-state index in [4.69, 9.17) is 11.6 Å². The van der Waals surface area contributed by atoms with Crippen LogP contribution in [-0.2, 0) is 0 Å². The monoisotopic (exact) mass is 447 g/mol. The van der Waals surface area contributed by atoms with E-state index in [0.717, 1.165) is 22.1 Å². The SMILES string of the molecule is C[C@@H]1CC(C)(C)N(C)c2cc(Cl)c(/C=N\NC(=O)c3cccc(Br)c3)cc21. The van der Waals surface area contributed by atoms with E-state index < -0.39 is 0 Å². The van der Waals surface area contributed by atoms with Gasteiger partial charge in [-0.15, -0.1) is 0 Å². The maximum absolute atomic E-state index is 12.2. The standard InChI is InChI=1S/C21H23BrClN3O/c1-13-11-21(2,3)26(4)19-10-18(23)15(9-17(13)19)12-24-25-20(27)14-6-5-7-16(22)8-14/h5-10,12-13H,11H2,1-4H3,(H,25,27)/b24-12-/t13-/m1/s1. The first-order chi connectivity index (χ1) is 12.7. The summed E-state index contributed by atoms with van der Waals surface area (Å²) in [6, 6.07) is 11.2. The third-order valence-electron chi connectivity index (χ3n) is 5.21. The molecule has 1 aliphatic rings. The molecule has 3 rings (SSSR count). The third-order valence-corrected chi connectivity index (χ3v) is 6.03. The number of hydrogen-bond acceptors (Lipinski definition) is 3. The molecule has 0 aliphatic carbocycles. The fourth-order valence-corrected chi connectivity index (χ4v) is 4.16. The summed E-state index contributed by atoms with van der Waals surface area (Å²) < 4.78 is 0.845. The fourth-order valence-electron chi connectivity index (χ4n) is 3.56. The van der Waals surface area contributed by atoms with Gasteiger partial charge in [0.2, 0.25) is 0 Å². The van der Waals surface area contributed by atoms with Crippen LogP contribution in [0.25, 0.3) is 0 Å². The van der Waals surface area contributed by atoms with Crippen LogP contribution in [0.1, 0.15) is 54.6 Å². The number of anilines is 1. The highest BCUT2D eigenvalue weighted by atomic mass is 79.9. The molecule has 0 bridgehead atoms. The van der Waals surface area contributed by atoms with E-state index >= 15 is 0 Å². The maximum atomic E-state index is 12.2. The predicted molar refractivity (Wildman–Crippen MR) is 116 cm³/mol. The summed E-state index contributed by atoms with van der Waals surface area (Å²) >= 11 is 9.84. The highest BCUT2D eigenvalue weighted by Gasteiger charge is 2.34. The normalized spacial score (nSPS) is 18.4. The van der Waals surface area contributed by atoms with Crippen LogP contribution in [-0.4, -0.2) is 24.7 Å². The molecule has 0 saturated carbocycles. The molecule has 0 unspecified atom stereocenters. The first-order valence-corrected chi connectivity index (χ1v) is 10.0. The Morgan fingerprint density at radius 3 is 2.81 bits per heavy atom. The molecule has 1 heterocycles. The molecule has 2 aromatic rings. The van der Waals surface area contributed by atoms with Crippen LogP contribution in [0.4, 0.5) is 5.69 Å². The molecule has 2 aromatic carbocycles. The second kappa shape index (κ2) is 7.64. The predicted octanol–water partition coefficient (Wildman–Crippen LogP) is 5.59. The summed E-state index contributed by atoms with van der Waals surface area (Å²) in [5.41, 5.74) is 6.38. The average molecular weight is 449 g/mol. The average Bonchev–Trinajstić information content (AvgIpc) is 2.60. The van der Waals surface area contributed by atoms with E-state index in [9.17, 15) is 4.79 Å². The highest BCUT2D eigenvalue weighted by Crippen LogP contribution is 2.44. The largest absolute Gasteiger partial charge is 0.369 e. The molecule has 1 N–H and O–H groups in total. The molecular formula is C21H23BrClN3O. The Kier molecular flexibility index (Phi) is 5.63. The van der Waals surface area contributed by atoms with Crippen molar-refractivity contribution in [3.63, 3.8) is 0 Å². The van der Waals surface area contributed by atoms with E-state index in [-0.39, 0.29) is 11.4 Å². The summed E-state index contributed by atoms with van der Waals surface area (Å²) in [7, 11) is 2.10. The van der Waals surface area contributed by atoms with Crippen molar-refractivity contribution in [1.82, 2.24) is 5.43 Å². The minimum absolute atomic E-state index is 0.0866. The lowest BCUT2D eigenvalue weighted by Crippen LogP contribution is -2.45. The van der Waals surface area contributed by atoms with Gasteiger partial charge < -0.3 is 4.90 Å². The van der Waals surface area contributed by atoms with E-state index in [1.807, 2.05) is 18.2 Å². The van der Waals surface area contributed by atoms with Gasteiger partial charge in [-0.3, -0.25) is 4.79 Å². The molecule has 0 saturated heterocycles. The zero-order valence-corrected chi connectivity index (χ0v) is 18.2. The summed E-state index contributed by atoms with van der Waals surface area (Å²) in [5, 5.41) is 4.71. The van der Waals surface area contributed by atoms with E-state index in [1.54, 1.807) is 18.3 Å². The molecule has 1 aliphatic heterocycles. The van der Waals surface area contributed by atoms with E-state index in [1.165, 1.54) is 5.56 Å². The number of rotatable bonds is 3. The van der Waals surface area contributed by atoms with Crippen molar-refractivity contribution in [2.45, 2.75) is 38.6 Å². The van der Waals surface area contributed by atoms with Gasteiger partial charge in [0.15, 0.2) is 0 Å². The van der Waals surface area contributed by atoms with Crippen molar-refractivity contribution in [2.75, 3.05) is 11.9 Å². The highest BCUT2D eigenvalue weighted by molar-refractivity contribution is 9.10. The molecule has 0 fully saturated rings. The zero-order valence-electron chi connectivity index (χ0n) is 15.9. The quantitative estimate of drug-likeness (QED) is 0.491. The smallest absolute Gasteiger partial charge is 0.271 e. The molecule has 4 nitrogen and oxygen atoms in total. The summed E-state index contributed by atoms with van der Waals surface area (Å²) in [6.07, 6.45) is 2.67. The van der Waals surface area contributed by atoms with Gasteiger partial charge in [-0.25, -0.2) is 5.43 Å². The number of halogens is 2. The first kappa shape index (κ1) is 19.9. The molecule has 0 radical (unpaired) electrons. The van der Waals surface area contributed by atoms with Gasteiger partial charge in [0.25, 0.3) is 5.91 Å². The Hall–Kier alpha value is -1.85.